The van der Waals surface area contributed by atoms with Crippen molar-refractivity contribution in [2.75, 3.05) is 5.73 Å². The van der Waals surface area contributed by atoms with E-state index in [0.717, 1.165) is 11.1 Å². The predicted octanol–water partition coefficient (Wildman–Crippen LogP) is 1.72. The molecule has 60 valence electrons. The Balaban J connectivity index is 3.21. The van der Waals surface area contributed by atoms with Crippen molar-refractivity contribution in [3.63, 3.8) is 0 Å². The molecule has 0 aliphatic rings. The molecule has 2 nitrogen and oxygen atoms in total. The molecule has 0 unspecified atom stereocenters. The van der Waals surface area contributed by atoms with Crippen LogP contribution < -0.4 is 5.73 Å². The number of aliphatic hydroxyl groups excluding tert-OH is 1. The summed E-state index contributed by atoms with van der Waals surface area (Å²) in [5.74, 6) is 0. The van der Waals surface area contributed by atoms with Crippen LogP contribution in [0.1, 0.15) is 11.1 Å². The lowest BCUT2D eigenvalue weighted by molar-refractivity contribution is 0.282. The van der Waals surface area contributed by atoms with E-state index in [2.05, 4.69) is 0 Å². The van der Waals surface area contributed by atoms with Crippen LogP contribution in [0.4, 0.5) is 5.69 Å². The van der Waals surface area contributed by atoms with Gasteiger partial charge in [-0.25, -0.2) is 0 Å². The quantitative estimate of drug-likeness (QED) is 0.633. The van der Waals surface area contributed by atoms with Crippen molar-refractivity contribution in [1.82, 2.24) is 0 Å². The Bertz CT molecular complexity index is 273. The van der Waals surface area contributed by atoms with Crippen LogP contribution >= 0.6 is 11.6 Å². The van der Waals surface area contributed by atoms with Gasteiger partial charge in [0.25, 0.3) is 0 Å². The number of anilines is 1. The molecule has 0 spiro atoms. The third-order valence-corrected chi connectivity index (χ3v) is 1.96. The molecule has 0 radical (unpaired) electrons. The smallest absolute Gasteiger partial charge is 0.0696 e. The van der Waals surface area contributed by atoms with Gasteiger partial charge < -0.3 is 10.8 Å². The second-order valence-electron chi connectivity index (χ2n) is 2.46. The third-order valence-electron chi connectivity index (χ3n) is 1.61. The fourth-order valence-electron chi connectivity index (χ4n) is 0.878. The first-order valence-corrected chi connectivity index (χ1v) is 3.68. The normalized spacial score (nSPS) is 10.1. The number of benzene rings is 1. The molecule has 0 saturated heterocycles. The van der Waals surface area contributed by atoms with E-state index in [-0.39, 0.29) is 6.61 Å². The van der Waals surface area contributed by atoms with Crippen LogP contribution in [0.15, 0.2) is 12.1 Å². The molecule has 0 fully saturated rings. The Hall–Kier alpha value is -0.730. The molecule has 1 aromatic carbocycles. The summed E-state index contributed by atoms with van der Waals surface area (Å²) in [5, 5.41) is 9.33. The van der Waals surface area contributed by atoms with Crippen molar-refractivity contribution < 1.29 is 5.11 Å². The molecule has 1 aromatic rings. The van der Waals surface area contributed by atoms with Crippen LogP contribution in [0.25, 0.3) is 0 Å². The first kappa shape index (κ1) is 8.37. The Labute approximate surface area is 70.6 Å². The first-order valence-electron chi connectivity index (χ1n) is 3.30. The zero-order chi connectivity index (χ0) is 8.43. The maximum atomic E-state index is 8.81. The molecular formula is C8H10ClNO. The minimum Gasteiger partial charge on any atom is -0.398 e. The highest BCUT2D eigenvalue weighted by atomic mass is 35.5. The SMILES string of the molecule is Cc1cc(CO)c(Cl)cc1N. The van der Waals surface area contributed by atoms with Crippen LogP contribution in [0.2, 0.25) is 5.02 Å². The van der Waals surface area contributed by atoms with Crippen molar-refractivity contribution in [3.8, 4) is 0 Å². The van der Waals surface area contributed by atoms with Crippen LogP contribution in [0.5, 0.6) is 0 Å². The molecule has 0 bridgehead atoms. The second-order valence-corrected chi connectivity index (χ2v) is 2.87. The second kappa shape index (κ2) is 3.11. The molecule has 0 aromatic heterocycles. The van der Waals surface area contributed by atoms with Crippen molar-refractivity contribution in [2.24, 2.45) is 0 Å². The summed E-state index contributed by atoms with van der Waals surface area (Å²) < 4.78 is 0. The third kappa shape index (κ3) is 1.64. The number of halogens is 1. The molecule has 0 atom stereocenters. The average molecular weight is 172 g/mol. The Kier molecular flexibility index (Phi) is 2.37. The van der Waals surface area contributed by atoms with Crippen LogP contribution in [0.3, 0.4) is 0 Å². The molecule has 1 rings (SSSR count). The average Bonchev–Trinajstić information content (AvgIpc) is 1.97. The van der Waals surface area contributed by atoms with Gasteiger partial charge in [-0.2, -0.15) is 0 Å². The summed E-state index contributed by atoms with van der Waals surface area (Å²) in [7, 11) is 0. The Morgan fingerprint density at radius 2 is 2.18 bits per heavy atom. The molecule has 0 heterocycles. The molecule has 3 heteroatoms. The van der Waals surface area contributed by atoms with Gasteiger partial charge in [0, 0.05) is 10.7 Å². The highest BCUT2D eigenvalue weighted by Crippen LogP contribution is 2.22. The maximum absolute atomic E-state index is 8.81. The van der Waals surface area contributed by atoms with Gasteiger partial charge >= 0.3 is 0 Å². The molecule has 0 aliphatic carbocycles. The zero-order valence-corrected chi connectivity index (χ0v) is 7.02. The van der Waals surface area contributed by atoms with Gasteiger partial charge in [0.15, 0.2) is 0 Å². The van der Waals surface area contributed by atoms with Gasteiger partial charge in [0.2, 0.25) is 0 Å². The Morgan fingerprint density at radius 3 is 2.73 bits per heavy atom. The monoisotopic (exact) mass is 171 g/mol. The first-order chi connectivity index (χ1) is 5.15. The van der Waals surface area contributed by atoms with E-state index in [1.807, 2.05) is 6.92 Å². The van der Waals surface area contributed by atoms with E-state index in [1.54, 1.807) is 12.1 Å². The molecular weight excluding hydrogens is 162 g/mol. The lowest BCUT2D eigenvalue weighted by atomic mass is 10.1. The number of nitrogens with two attached hydrogens (primary N) is 1. The fourth-order valence-corrected chi connectivity index (χ4v) is 1.11. The van der Waals surface area contributed by atoms with E-state index in [0.29, 0.717) is 10.7 Å². The number of aryl methyl sites for hydroxylation is 1. The van der Waals surface area contributed by atoms with Crippen molar-refractivity contribution in [1.29, 1.82) is 0 Å². The number of hydrogen-bond donors (Lipinski definition) is 2. The van der Waals surface area contributed by atoms with Crippen molar-refractivity contribution in [3.05, 3.63) is 28.3 Å². The van der Waals surface area contributed by atoms with Gasteiger partial charge in [-0.1, -0.05) is 17.7 Å². The minimum absolute atomic E-state index is 0.0417. The van der Waals surface area contributed by atoms with Crippen LogP contribution in [0, 0.1) is 6.92 Å². The van der Waals surface area contributed by atoms with Crippen molar-refractivity contribution in [2.45, 2.75) is 13.5 Å². The lowest BCUT2D eigenvalue weighted by Crippen LogP contribution is -1.93. The minimum atomic E-state index is -0.0417. The maximum Gasteiger partial charge on any atom is 0.0696 e. The largest absolute Gasteiger partial charge is 0.398 e. The molecule has 3 N–H and O–H groups in total. The lowest BCUT2D eigenvalue weighted by Gasteiger charge is -2.04. The van der Waals surface area contributed by atoms with E-state index in [4.69, 9.17) is 22.4 Å². The van der Waals surface area contributed by atoms with E-state index in [1.165, 1.54) is 0 Å². The van der Waals surface area contributed by atoms with Gasteiger partial charge in [0.05, 0.1) is 6.61 Å². The predicted molar refractivity (Wildman–Crippen MR) is 46.5 cm³/mol. The molecule has 11 heavy (non-hydrogen) atoms. The van der Waals surface area contributed by atoms with E-state index >= 15 is 0 Å². The summed E-state index contributed by atoms with van der Waals surface area (Å²) in [4.78, 5) is 0. The summed E-state index contributed by atoms with van der Waals surface area (Å²) in [6.07, 6.45) is 0. The van der Waals surface area contributed by atoms with Gasteiger partial charge in [-0.05, 0) is 24.1 Å². The Morgan fingerprint density at radius 1 is 1.55 bits per heavy atom. The van der Waals surface area contributed by atoms with Crippen LogP contribution in [-0.2, 0) is 6.61 Å². The molecule has 0 amide bonds. The summed E-state index contributed by atoms with van der Waals surface area (Å²) in [5.41, 5.74) is 7.90. The summed E-state index contributed by atoms with van der Waals surface area (Å²) in [6, 6.07) is 3.44. The number of rotatable bonds is 1. The topological polar surface area (TPSA) is 46.2 Å². The number of aliphatic hydroxyl groups is 1. The number of nitrogen functional groups attached to an aromatic ring is 1. The number of hydrogen-bond acceptors (Lipinski definition) is 2. The van der Waals surface area contributed by atoms with Gasteiger partial charge in [-0.3, -0.25) is 0 Å². The van der Waals surface area contributed by atoms with Crippen LogP contribution in [-0.4, -0.2) is 5.11 Å². The standard InChI is InChI=1S/C8H10ClNO/c1-5-2-6(4-11)7(9)3-8(5)10/h2-3,11H,4,10H2,1H3. The zero-order valence-electron chi connectivity index (χ0n) is 6.26. The summed E-state index contributed by atoms with van der Waals surface area (Å²) >= 11 is 5.76. The van der Waals surface area contributed by atoms with Gasteiger partial charge in [-0.15, -0.1) is 0 Å². The van der Waals surface area contributed by atoms with E-state index in [9.17, 15) is 0 Å². The fraction of sp³-hybridized carbons (Fsp3) is 0.250. The summed E-state index contributed by atoms with van der Waals surface area (Å²) in [6.45, 7) is 1.84. The highest BCUT2D eigenvalue weighted by Gasteiger charge is 2.01. The highest BCUT2D eigenvalue weighted by molar-refractivity contribution is 6.31. The van der Waals surface area contributed by atoms with Crippen molar-refractivity contribution >= 4 is 17.3 Å². The molecule has 0 aliphatic heterocycles. The molecule has 0 saturated carbocycles. The van der Waals surface area contributed by atoms with E-state index < -0.39 is 0 Å². The van der Waals surface area contributed by atoms with Gasteiger partial charge in [0.1, 0.15) is 0 Å².